The Labute approximate surface area is 72.8 Å². The second kappa shape index (κ2) is 3.13. The number of aryl methyl sites for hydroxylation is 2. The third kappa shape index (κ3) is 1.58. The topological polar surface area (TPSA) is 22.0 Å². The highest BCUT2D eigenvalue weighted by Gasteiger charge is 2.04. The number of aromatic nitrogens is 1. The van der Waals surface area contributed by atoms with Crippen LogP contribution in [0.15, 0.2) is 17.1 Å². The molecule has 0 spiro atoms. The Bertz CT molecular complexity index is 336. The molecular formula is C10H15NO. The van der Waals surface area contributed by atoms with Gasteiger partial charge in [-0.2, -0.15) is 0 Å². The summed E-state index contributed by atoms with van der Waals surface area (Å²) in [5.41, 5.74) is 2.05. The van der Waals surface area contributed by atoms with Crippen molar-refractivity contribution in [2.45, 2.75) is 26.7 Å². The number of nitrogens with zero attached hydrogens (tertiary/aromatic N) is 1. The lowest BCUT2D eigenvalue weighted by atomic mass is 10.1. The molecule has 2 heteroatoms. The fraction of sp³-hybridized carbons (Fsp3) is 0.500. The molecule has 0 atom stereocenters. The Morgan fingerprint density at radius 2 is 2.00 bits per heavy atom. The third-order valence-corrected chi connectivity index (χ3v) is 2.14. The van der Waals surface area contributed by atoms with Gasteiger partial charge in [-0.05, 0) is 12.8 Å². The Kier molecular flexibility index (Phi) is 2.36. The summed E-state index contributed by atoms with van der Waals surface area (Å²) in [5.74, 6) is 0.310. The standard InChI is InChI=1S/C10H15NO/c1-7(2)9-6-11(4)8(3)5-10(9)12/h5-7H,1-4H3. The molecule has 0 saturated heterocycles. The Morgan fingerprint density at radius 3 is 2.50 bits per heavy atom. The van der Waals surface area contributed by atoms with E-state index in [4.69, 9.17) is 0 Å². The SMILES string of the molecule is Cc1cc(=O)c(C(C)C)cn1C. The summed E-state index contributed by atoms with van der Waals surface area (Å²) in [6.07, 6.45) is 1.92. The van der Waals surface area contributed by atoms with E-state index in [0.717, 1.165) is 11.3 Å². The van der Waals surface area contributed by atoms with Gasteiger partial charge in [0.1, 0.15) is 0 Å². The van der Waals surface area contributed by atoms with Gasteiger partial charge in [-0.3, -0.25) is 4.79 Å². The summed E-state index contributed by atoms with van der Waals surface area (Å²) in [6.45, 7) is 6.00. The first-order valence-electron chi connectivity index (χ1n) is 4.19. The largest absolute Gasteiger partial charge is 0.354 e. The van der Waals surface area contributed by atoms with Gasteiger partial charge in [-0.15, -0.1) is 0 Å². The van der Waals surface area contributed by atoms with Crippen molar-refractivity contribution in [3.8, 4) is 0 Å². The molecule has 0 N–H and O–H groups in total. The van der Waals surface area contributed by atoms with Crippen molar-refractivity contribution < 1.29 is 0 Å². The predicted molar refractivity (Wildman–Crippen MR) is 50.5 cm³/mol. The molecule has 2 nitrogen and oxygen atoms in total. The van der Waals surface area contributed by atoms with E-state index in [1.165, 1.54) is 0 Å². The molecule has 0 aliphatic rings. The maximum atomic E-state index is 11.4. The highest BCUT2D eigenvalue weighted by molar-refractivity contribution is 5.18. The van der Waals surface area contributed by atoms with Crippen LogP contribution in [0.4, 0.5) is 0 Å². The molecule has 0 aliphatic heterocycles. The van der Waals surface area contributed by atoms with E-state index in [2.05, 4.69) is 0 Å². The van der Waals surface area contributed by atoms with Crippen molar-refractivity contribution in [3.63, 3.8) is 0 Å². The molecule has 1 aromatic heterocycles. The van der Waals surface area contributed by atoms with Gasteiger partial charge >= 0.3 is 0 Å². The van der Waals surface area contributed by atoms with Gasteiger partial charge in [0.2, 0.25) is 0 Å². The van der Waals surface area contributed by atoms with Gasteiger partial charge in [-0.1, -0.05) is 13.8 Å². The van der Waals surface area contributed by atoms with E-state index in [9.17, 15) is 4.79 Å². The van der Waals surface area contributed by atoms with E-state index >= 15 is 0 Å². The highest BCUT2D eigenvalue weighted by atomic mass is 16.1. The Morgan fingerprint density at radius 1 is 1.42 bits per heavy atom. The number of rotatable bonds is 1. The number of pyridine rings is 1. The molecule has 1 heterocycles. The zero-order valence-electron chi connectivity index (χ0n) is 8.09. The van der Waals surface area contributed by atoms with Gasteiger partial charge in [0.25, 0.3) is 0 Å². The van der Waals surface area contributed by atoms with Crippen LogP contribution in [0.2, 0.25) is 0 Å². The second-order valence-corrected chi connectivity index (χ2v) is 3.50. The van der Waals surface area contributed by atoms with Crippen LogP contribution in [0.1, 0.15) is 31.0 Å². The minimum Gasteiger partial charge on any atom is -0.354 e. The lowest BCUT2D eigenvalue weighted by molar-refractivity contribution is 0.785. The maximum absolute atomic E-state index is 11.4. The molecule has 0 fully saturated rings. The molecule has 1 aromatic rings. The first-order valence-corrected chi connectivity index (χ1v) is 4.19. The quantitative estimate of drug-likeness (QED) is 0.622. The fourth-order valence-electron chi connectivity index (χ4n) is 1.18. The van der Waals surface area contributed by atoms with Crippen LogP contribution < -0.4 is 5.43 Å². The van der Waals surface area contributed by atoms with E-state index in [1.807, 2.05) is 38.6 Å². The third-order valence-electron chi connectivity index (χ3n) is 2.14. The summed E-state index contributed by atoms with van der Waals surface area (Å²) in [4.78, 5) is 11.4. The second-order valence-electron chi connectivity index (χ2n) is 3.50. The van der Waals surface area contributed by atoms with Crippen molar-refractivity contribution in [3.05, 3.63) is 33.7 Å². The van der Waals surface area contributed by atoms with Crippen molar-refractivity contribution in [2.24, 2.45) is 7.05 Å². The average Bonchev–Trinajstić information content (AvgIpc) is 1.96. The molecule has 1 rings (SSSR count). The van der Waals surface area contributed by atoms with Crippen LogP contribution >= 0.6 is 0 Å². The molecule has 0 aliphatic carbocycles. The zero-order chi connectivity index (χ0) is 9.30. The maximum Gasteiger partial charge on any atom is 0.185 e. The van der Waals surface area contributed by atoms with Crippen molar-refractivity contribution in [1.82, 2.24) is 4.57 Å². The molecule has 0 saturated carbocycles. The zero-order valence-corrected chi connectivity index (χ0v) is 8.09. The van der Waals surface area contributed by atoms with Gasteiger partial charge in [0.15, 0.2) is 5.43 Å². The average molecular weight is 165 g/mol. The monoisotopic (exact) mass is 165 g/mol. The summed E-state index contributed by atoms with van der Waals surface area (Å²) in [6, 6.07) is 1.69. The van der Waals surface area contributed by atoms with Gasteiger partial charge in [-0.25, -0.2) is 0 Å². The minimum atomic E-state index is 0.153. The van der Waals surface area contributed by atoms with E-state index < -0.39 is 0 Å². The van der Waals surface area contributed by atoms with E-state index in [-0.39, 0.29) is 5.43 Å². The number of hydrogen-bond acceptors (Lipinski definition) is 1. The summed E-state index contributed by atoms with van der Waals surface area (Å²) >= 11 is 0. The highest BCUT2D eigenvalue weighted by Crippen LogP contribution is 2.08. The van der Waals surface area contributed by atoms with Crippen LogP contribution in [-0.2, 0) is 7.05 Å². The lowest BCUT2D eigenvalue weighted by Gasteiger charge is -2.08. The van der Waals surface area contributed by atoms with Crippen molar-refractivity contribution in [1.29, 1.82) is 0 Å². The molecule has 0 bridgehead atoms. The van der Waals surface area contributed by atoms with Crippen LogP contribution in [-0.4, -0.2) is 4.57 Å². The van der Waals surface area contributed by atoms with Gasteiger partial charge in [0, 0.05) is 30.6 Å². The normalized spacial score (nSPS) is 10.8. The first kappa shape index (κ1) is 9.04. The summed E-state index contributed by atoms with van der Waals surface area (Å²) < 4.78 is 1.98. The van der Waals surface area contributed by atoms with E-state index in [0.29, 0.717) is 5.92 Å². The minimum absolute atomic E-state index is 0.153. The molecule has 0 amide bonds. The van der Waals surface area contributed by atoms with Crippen LogP contribution in [0, 0.1) is 6.92 Å². The molecule has 66 valence electrons. The van der Waals surface area contributed by atoms with Crippen molar-refractivity contribution >= 4 is 0 Å². The van der Waals surface area contributed by atoms with Crippen molar-refractivity contribution in [2.75, 3.05) is 0 Å². The molecule has 0 radical (unpaired) electrons. The summed E-state index contributed by atoms with van der Waals surface area (Å²) in [5, 5.41) is 0. The molecule has 0 aromatic carbocycles. The van der Waals surface area contributed by atoms with Crippen LogP contribution in [0.5, 0.6) is 0 Å². The Hall–Kier alpha value is -1.05. The molecule has 0 unspecified atom stereocenters. The summed E-state index contributed by atoms with van der Waals surface area (Å²) in [7, 11) is 1.96. The number of hydrogen-bond donors (Lipinski definition) is 0. The first-order chi connectivity index (χ1) is 5.52. The predicted octanol–water partition coefficient (Wildman–Crippen LogP) is 1.82. The van der Waals surface area contributed by atoms with Gasteiger partial charge in [0.05, 0.1) is 0 Å². The molecular weight excluding hydrogens is 150 g/mol. The Balaban J connectivity index is 3.33. The van der Waals surface area contributed by atoms with Gasteiger partial charge < -0.3 is 4.57 Å². The lowest BCUT2D eigenvalue weighted by Crippen LogP contribution is -2.14. The molecule has 12 heavy (non-hydrogen) atoms. The van der Waals surface area contributed by atoms with Crippen LogP contribution in [0.25, 0.3) is 0 Å². The smallest absolute Gasteiger partial charge is 0.185 e. The fourth-order valence-corrected chi connectivity index (χ4v) is 1.18. The van der Waals surface area contributed by atoms with Crippen LogP contribution in [0.3, 0.4) is 0 Å². The van der Waals surface area contributed by atoms with E-state index in [1.54, 1.807) is 6.07 Å².